The summed E-state index contributed by atoms with van der Waals surface area (Å²) < 4.78 is 57.7. The van der Waals surface area contributed by atoms with Gasteiger partial charge in [0, 0.05) is 31.4 Å². The van der Waals surface area contributed by atoms with Crippen LogP contribution in [0, 0.1) is 0 Å². The van der Waals surface area contributed by atoms with Gasteiger partial charge in [-0.25, -0.2) is 9.59 Å². The van der Waals surface area contributed by atoms with Crippen LogP contribution in [-0.4, -0.2) is 58.9 Å². The summed E-state index contributed by atoms with van der Waals surface area (Å²) >= 11 is 0. The fourth-order valence-corrected chi connectivity index (χ4v) is 4.81. The molecule has 12 heteroatoms. The number of pyridine rings is 1. The predicted molar refractivity (Wildman–Crippen MR) is 146 cm³/mol. The van der Waals surface area contributed by atoms with Crippen molar-refractivity contribution in [2.75, 3.05) is 18.4 Å². The number of hydrogen-bond donors (Lipinski definition) is 2. The topological polar surface area (TPSA) is 102 Å². The molecule has 0 spiro atoms. The van der Waals surface area contributed by atoms with E-state index in [-0.39, 0.29) is 30.1 Å². The predicted octanol–water partition coefficient (Wildman–Crippen LogP) is 6.14. The minimum Gasteiger partial charge on any atom is -0.486 e. The Hall–Kier alpha value is -3.54. The van der Waals surface area contributed by atoms with Gasteiger partial charge in [0.25, 0.3) is 0 Å². The molecule has 2 heterocycles. The number of ether oxygens (including phenoxy) is 3. The van der Waals surface area contributed by atoms with E-state index in [2.05, 4.69) is 15.6 Å². The average Bonchev–Trinajstić information content (AvgIpc) is 3.37. The van der Waals surface area contributed by atoms with Crippen molar-refractivity contribution in [1.29, 1.82) is 0 Å². The number of likely N-dealkylation sites (tertiary alicyclic amines) is 1. The molecule has 2 fully saturated rings. The van der Waals surface area contributed by atoms with Gasteiger partial charge in [0.05, 0.1) is 30.5 Å². The fraction of sp³-hybridized carbons (Fsp3) is 0.552. The average molecular weight is 579 g/mol. The van der Waals surface area contributed by atoms with Gasteiger partial charge in [-0.3, -0.25) is 4.98 Å². The molecule has 9 nitrogen and oxygen atoms in total. The Kier molecular flexibility index (Phi) is 9.62. The Morgan fingerprint density at radius 3 is 2.37 bits per heavy atom. The molecular weight excluding hydrogens is 541 g/mol. The molecule has 224 valence electrons. The Labute approximate surface area is 237 Å². The van der Waals surface area contributed by atoms with E-state index in [0.717, 1.165) is 30.5 Å². The highest BCUT2D eigenvalue weighted by atomic mass is 19.4. The Bertz CT molecular complexity index is 1180. The van der Waals surface area contributed by atoms with Gasteiger partial charge in [0.2, 0.25) is 0 Å². The number of hydrogen-bond acceptors (Lipinski definition) is 6. The lowest BCUT2D eigenvalue weighted by Gasteiger charge is -2.29. The van der Waals surface area contributed by atoms with Crippen LogP contribution in [0.5, 0.6) is 5.75 Å². The van der Waals surface area contributed by atoms with Gasteiger partial charge in [-0.2, -0.15) is 13.2 Å². The number of amides is 3. The number of alkyl halides is 3. The number of carbonyl (C=O) groups is 2. The molecule has 2 aromatic rings. The van der Waals surface area contributed by atoms with Crippen LogP contribution >= 0.6 is 0 Å². The molecule has 1 saturated heterocycles. The third-order valence-electron chi connectivity index (χ3n) is 6.89. The highest BCUT2D eigenvalue weighted by Gasteiger charge is 2.34. The first-order valence-corrected chi connectivity index (χ1v) is 13.8. The monoisotopic (exact) mass is 578 g/mol. The van der Waals surface area contributed by atoms with E-state index in [9.17, 15) is 22.8 Å². The maximum absolute atomic E-state index is 13.5. The second-order valence-electron chi connectivity index (χ2n) is 11.4. The number of urea groups is 1. The Balaban J connectivity index is 1.32. The van der Waals surface area contributed by atoms with Gasteiger partial charge in [-0.15, -0.1) is 0 Å². The van der Waals surface area contributed by atoms with Crippen LogP contribution in [0.25, 0.3) is 0 Å². The molecule has 0 bridgehead atoms. The van der Waals surface area contributed by atoms with Gasteiger partial charge >= 0.3 is 18.3 Å². The van der Waals surface area contributed by atoms with Crippen LogP contribution in [0.15, 0.2) is 42.7 Å². The lowest BCUT2D eigenvalue weighted by molar-refractivity contribution is -0.137. The van der Waals surface area contributed by atoms with Crippen molar-refractivity contribution in [3.05, 3.63) is 53.9 Å². The van der Waals surface area contributed by atoms with Crippen molar-refractivity contribution in [3.8, 4) is 5.75 Å². The van der Waals surface area contributed by atoms with E-state index in [4.69, 9.17) is 14.2 Å². The summed E-state index contributed by atoms with van der Waals surface area (Å²) in [5.74, 6) is 0.0948. The molecule has 4 rings (SSSR count). The quantitative estimate of drug-likeness (QED) is 0.409. The maximum atomic E-state index is 13.5. The number of aromatic nitrogens is 1. The minimum absolute atomic E-state index is 0.0689. The van der Waals surface area contributed by atoms with E-state index in [1.165, 1.54) is 11.0 Å². The van der Waals surface area contributed by atoms with Crippen molar-refractivity contribution >= 4 is 17.8 Å². The van der Waals surface area contributed by atoms with Crippen molar-refractivity contribution in [3.63, 3.8) is 0 Å². The standard InChI is InChI=1S/C29H37F3N4O5/c1-28(2,3)41-27(38)36-15-12-23(17-36)40-25-9-4-20(29(30,31)32)16-24(25)35-26(37)34-21-5-7-22(8-6-21)39-18-19-10-13-33-14-11-19/h4,9-11,13-14,16,21-23H,5-8,12,15,17-18H2,1-3H3,(H2,34,35,37)/t21-,22-,23-/m1/s1. The molecule has 2 aliphatic rings. The highest BCUT2D eigenvalue weighted by molar-refractivity contribution is 5.91. The van der Waals surface area contributed by atoms with Crippen LogP contribution in [0.1, 0.15) is 64.0 Å². The third-order valence-corrected chi connectivity index (χ3v) is 6.89. The number of nitrogens with zero attached hydrogens (tertiary/aromatic N) is 2. The normalized spacial score (nSPS) is 21.3. The largest absolute Gasteiger partial charge is 0.486 e. The van der Waals surface area contributed by atoms with Crippen molar-refractivity contribution in [2.45, 2.75) is 89.5 Å². The van der Waals surface area contributed by atoms with Crippen LogP contribution < -0.4 is 15.4 Å². The minimum atomic E-state index is -4.60. The van der Waals surface area contributed by atoms with Crippen LogP contribution in [0.4, 0.5) is 28.4 Å². The highest BCUT2D eigenvalue weighted by Crippen LogP contribution is 2.36. The van der Waals surface area contributed by atoms with Crippen molar-refractivity contribution in [2.24, 2.45) is 0 Å². The number of anilines is 1. The van der Waals surface area contributed by atoms with E-state index < -0.39 is 35.6 Å². The van der Waals surface area contributed by atoms with Crippen molar-refractivity contribution in [1.82, 2.24) is 15.2 Å². The number of halogens is 3. The summed E-state index contributed by atoms with van der Waals surface area (Å²) in [5, 5.41) is 5.41. The van der Waals surface area contributed by atoms with Crippen LogP contribution in [-0.2, 0) is 22.3 Å². The second kappa shape index (κ2) is 13.0. The molecule has 0 radical (unpaired) electrons. The maximum Gasteiger partial charge on any atom is 0.416 e. The van der Waals surface area contributed by atoms with Gasteiger partial charge in [0.1, 0.15) is 17.5 Å². The molecule has 41 heavy (non-hydrogen) atoms. The zero-order chi connectivity index (χ0) is 29.6. The summed E-state index contributed by atoms with van der Waals surface area (Å²) in [5.41, 5.74) is -0.620. The Morgan fingerprint density at radius 2 is 1.71 bits per heavy atom. The molecule has 1 atom stereocenters. The molecule has 1 aromatic heterocycles. The van der Waals surface area contributed by atoms with E-state index in [1.807, 2.05) is 12.1 Å². The van der Waals surface area contributed by atoms with Crippen LogP contribution in [0.2, 0.25) is 0 Å². The third kappa shape index (κ3) is 9.24. The molecule has 1 aromatic carbocycles. The molecular formula is C29H37F3N4O5. The first kappa shape index (κ1) is 30.4. The lowest BCUT2D eigenvalue weighted by Crippen LogP contribution is -2.41. The summed E-state index contributed by atoms with van der Waals surface area (Å²) in [7, 11) is 0. The molecule has 3 amide bonds. The fourth-order valence-electron chi connectivity index (χ4n) is 4.81. The van der Waals surface area contributed by atoms with Crippen molar-refractivity contribution < 1.29 is 37.0 Å². The zero-order valence-electron chi connectivity index (χ0n) is 23.5. The Morgan fingerprint density at radius 1 is 1.00 bits per heavy atom. The van der Waals surface area contributed by atoms with Gasteiger partial charge < -0.3 is 29.7 Å². The summed E-state index contributed by atoms with van der Waals surface area (Å²) in [6.07, 6.45) is 1.30. The van der Waals surface area contributed by atoms with Gasteiger partial charge in [-0.1, -0.05) is 0 Å². The molecule has 2 N–H and O–H groups in total. The first-order valence-electron chi connectivity index (χ1n) is 13.8. The first-order chi connectivity index (χ1) is 19.4. The molecule has 1 saturated carbocycles. The number of rotatable bonds is 7. The smallest absolute Gasteiger partial charge is 0.416 e. The number of nitrogens with one attached hydrogen (secondary N) is 2. The van der Waals surface area contributed by atoms with E-state index in [0.29, 0.717) is 32.4 Å². The number of benzene rings is 1. The summed E-state index contributed by atoms with van der Waals surface area (Å²) in [6.45, 7) is 6.39. The van der Waals surface area contributed by atoms with Gasteiger partial charge in [0.15, 0.2) is 0 Å². The SMILES string of the molecule is CC(C)(C)OC(=O)N1CC[C@@H](Oc2ccc(C(F)(F)F)cc2NC(=O)N[C@H]2CC[C@H](OCc3ccncc3)CC2)C1. The van der Waals surface area contributed by atoms with Gasteiger partial charge in [-0.05, 0) is 82.3 Å². The second-order valence-corrected chi connectivity index (χ2v) is 11.4. The molecule has 1 aliphatic carbocycles. The molecule has 0 unspecified atom stereocenters. The summed E-state index contributed by atoms with van der Waals surface area (Å²) in [4.78, 5) is 30.7. The van der Waals surface area contributed by atoms with E-state index in [1.54, 1.807) is 33.2 Å². The lowest BCUT2D eigenvalue weighted by atomic mass is 9.93. The van der Waals surface area contributed by atoms with Crippen LogP contribution in [0.3, 0.4) is 0 Å². The summed E-state index contributed by atoms with van der Waals surface area (Å²) in [6, 6.07) is 6.01. The number of carbonyl (C=O) groups excluding carboxylic acids is 2. The zero-order valence-corrected chi connectivity index (χ0v) is 23.5. The molecule has 1 aliphatic heterocycles. The van der Waals surface area contributed by atoms with E-state index >= 15 is 0 Å².